The number of ketones is 1. The molecule has 0 unspecified atom stereocenters. The summed E-state index contributed by atoms with van der Waals surface area (Å²) in [5.74, 6) is -1.03. The van der Waals surface area contributed by atoms with Gasteiger partial charge in [0.15, 0.2) is 5.78 Å². The van der Waals surface area contributed by atoms with Gasteiger partial charge in [-0.1, -0.05) is 0 Å². The van der Waals surface area contributed by atoms with Gasteiger partial charge in [0, 0.05) is 50.5 Å². The highest BCUT2D eigenvalue weighted by atomic mass is 16.2. The predicted octanol–water partition coefficient (Wildman–Crippen LogP) is -0.681. The molecule has 10 heteroatoms. The Hall–Kier alpha value is -3.27. The molecule has 2 heterocycles. The van der Waals surface area contributed by atoms with E-state index in [4.69, 9.17) is 0 Å². The van der Waals surface area contributed by atoms with Crippen LogP contribution >= 0.6 is 0 Å². The molecule has 1 aromatic carbocycles. The van der Waals surface area contributed by atoms with Crippen molar-refractivity contribution < 1.29 is 24.0 Å². The van der Waals surface area contributed by atoms with Crippen LogP contribution in [0.25, 0.3) is 0 Å². The number of amides is 4. The number of hydrogen-bond acceptors (Lipinski definition) is 6. The zero-order valence-electron chi connectivity index (χ0n) is 17.5. The molecule has 2 N–H and O–H groups in total. The van der Waals surface area contributed by atoms with Gasteiger partial charge in [0.05, 0.1) is 13.0 Å². The van der Waals surface area contributed by atoms with Crippen LogP contribution in [0.2, 0.25) is 0 Å². The van der Waals surface area contributed by atoms with Crippen molar-refractivity contribution >= 4 is 35.6 Å². The Morgan fingerprint density at radius 2 is 1.77 bits per heavy atom. The fraction of sp³-hybridized carbons (Fsp3) is 0.476. The van der Waals surface area contributed by atoms with E-state index in [2.05, 4.69) is 10.6 Å². The Labute approximate surface area is 180 Å². The summed E-state index contributed by atoms with van der Waals surface area (Å²) in [4.78, 5) is 65.1. The summed E-state index contributed by atoms with van der Waals surface area (Å²) in [6.07, 6.45) is 0.640. The largest absolute Gasteiger partial charge is 0.353 e. The number of carbonyl (C=O) groups is 5. The van der Waals surface area contributed by atoms with E-state index in [9.17, 15) is 24.0 Å². The number of rotatable bonds is 7. The topological polar surface area (TPSA) is 119 Å². The number of nitrogens with one attached hydrogen (secondary N) is 2. The molecule has 0 radical (unpaired) electrons. The minimum absolute atomic E-state index is 0.0709. The van der Waals surface area contributed by atoms with Gasteiger partial charge >= 0.3 is 0 Å². The maximum Gasteiger partial charge on any atom is 0.243 e. The molecule has 2 aliphatic heterocycles. The van der Waals surface area contributed by atoms with Crippen LogP contribution in [-0.4, -0.2) is 96.5 Å². The van der Waals surface area contributed by atoms with Crippen molar-refractivity contribution in [3.8, 4) is 0 Å². The van der Waals surface area contributed by atoms with E-state index in [0.717, 1.165) is 6.41 Å². The quantitative estimate of drug-likeness (QED) is 0.438. The number of Topliss-reactive ketones (excluding diaryl/α,β-unsaturated/α-hetero) is 1. The Balaban J connectivity index is 1.58. The average molecular weight is 429 g/mol. The first-order chi connectivity index (χ1) is 14.9. The SMILES string of the molecule is CC(=O)c1ccc(NC(=O)C[C@@H]2C(=O)NCCN2C(=O)CN2CCN(C=O)CC2)cc1. The van der Waals surface area contributed by atoms with Crippen LogP contribution in [0.4, 0.5) is 5.69 Å². The summed E-state index contributed by atoms with van der Waals surface area (Å²) >= 11 is 0. The standard InChI is InChI=1S/C21H27N5O5/c1-15(28)16-2-4-17(5-3-16)23-19(29)12-18-21(31)22-6-7-26(18)20(30)13-24-8-10-25(14-27)11-9-24/h2-5,14,18H,6-13H2,1H3,(H,22,31)(H,23,29)/t18-/m1/s1. The van der Waals surface area contributed by atoms with Crippen LogP contribution in [0.1, 0.15) is 23.7 Å². The van der Waals surface area contributed by atoms with Crippen molar-refractivity contribution in [2.45, 2.75) is 19.4 Å². The molecule has 1 atom stereocenters. The smallest absolute Gasteiger partial charge is 0.243 e. The highest BCUT2D eigenvalue weighted by molar-refractivity contribution is 5.98. The molecular weight excluding hydrogens is 402 g/mol. The molecule has 31 heavy (non-hydrogen) atoms. The van der Waals surface area contributed by atoms with E-state index in [1.54, 1.807) is 29.2 Å². The Morgan fingerprint density at radius 3 is 2.39 bits per heavy atom. The van der Waals surface area contributed by atoms with Crippen molar-refractivity contribution in [1.29, 1.82) is 0 Å². The fourth-order valence-corrected chi connectivity index (χ4v) is 3.70. The summed E-state index contributed by atoms with van der Waals surface area (Å²) in [6, 6.07) is 5.60. The lowest BCUT2D eigenvalue weighted by Gasteiger charge is -2.37. The molecule has 0 spiro atoms. The monoisotopic (exact) mass is 429 g/mol. The molecule has 0 bridgehead atoms. The molecule has 10 nitrogen and oxygen atoms in total. The molecule has 0 aromatic heterocycles. The first kappa shape index (κ1) is 22.4. The van der Waals surface area contributed by atoms with E-state index in [1.165, 1.54) is 11.8 Å². The third-order valence-electron chi connectivity index (χ3n) is 5.52. The van der Waals surface area contributed by atoms with Gasteiger partial charge in [0.1, 0.15) is 6.04 Å². The third kappa shape index (κ3) is 5.88. The maximum atomic E-state index is 12.9. The van der Waals surface area contributed by atoms with E-state index in [0.29, 0.717) is 50.5 Å². The molecule has 0 saturated carbocycles. The number of anilines is 1. The second kappa shape index (κ2) is 10.2. The number of carbonyl (C=O) groups excluding carboxylic acids is 5. The van der Waals surface area contributed by atoms with Gasteiger partial charge in [0.25, 0.3) is 0 Å². The molecule has 2 fully saturated rings. The summed E-state index contributed by atoms with van der Waals surface area (Å²) < 4.78 is 0. The van der Waals surface area contributed by atoms with Crippen molar-refractivity contribution in [2.75, 3.05) is 51.1 Å². The second-order valence-electron chi connectivity index (χ2n) is 7.70. The Kier molecular flexibility index (Phi) is 7.35. The lowest BCUT2D eigenvalue weighted by atomic mass is 10.1. The van der Waals surface area contributed by atoms with Gasteiger partial charge in [0.2, 0.25) is 24.1 Å². The second-order valence-corrected chi connectivity index (χ2v) is 7.70. The molecule has 1 aromatic rings. The summed E-state index contributed by atoms with van der Waals surface area (Å²) in [6.45, 7) is 4.58. The van der Waals surface area contributed by atoms with Crippen LogP contribution in [0.3, 0.4) is 0 Å². The Morgan fingerprint density at radius 1 is 1.10 bits per heavy atom. The molecule has 2 saturated heterocycles. The first-order valence-electron chi connectivity index (χ1n) is 10.3. The van der Waals surface area contributed by atoms with E-state index < -0.39 is 11.9 Å². The van der Waals surface area contributed by atoms with Gasteiger partial charge in [-0.3, -0.25) is 28.9 Å². The lowest BCUT2D eigenvalue weighted by molar-refractivity contribution is -0.145. The molecule has 4 amide bonds. The lowest BCUT2D eigenvalue weighted by Crippen LogP contribution is -2.60. The molecule has 166 valence electrons. The Bertz CT molecular complexity index is 848. The zero-order chi connectivity index (χ0) is 22.4. The van der Waals surface area contributed by atoms with Crippen LogP contribution in [0.15, 0.2) is 24.3 Å². The van der Waals surface area contributed by atoms with Crippen molar-refractivity contribution in [1.82, 2.24) is 20.0 Å². The molecule has 0 aliphatic carbocycles. The molecule has 2 aliphatic rings. The van der Waals surface area contributed by atoms with Gasteiger partial charge in [-0.05, 0) is 31.2 Å². The first-order valence-corrected chi connectivity index (χ1v) is 10.3. The number of hydrogen-bond donors (Lipinski definition) is 2. The van der Waals surface area contributed by atoms with Crippen LogP contribution in [0.5, 0.6) is 0 Å². The van der Waals surface area contributed by atoms with Crippen LogP contribution in [0, 0.1) is 0 Å². The number of nitrogens with zero attached hydrogens (tertiary/aromatic N) is 3. The van der Waals surface area contributed by atoms with E-state index in [-0.39, 0.29) is 30.6 Å². The van der Waals surface area contributed by atoms with Crippen molar-refractivity contribution in [3.05, 3.63) is 29.8 Å². The van der Waals surface area contributed by atoms with Crippen LogP contribution in [-0.2, 0) is 19.2 Å². The number of benzene rings is 1. The van der Waals surface area contributed by atoms with Gasteiger partial charge < -0.3 is 20.4 Å². The minimum Gasteiger partial charge on any atom is -0.353 e. The molecule has 3 rings (SSSR count). The minimum atomic E-state index is -0.881. The van der Waals surface area contributed by atoms with Gasteiger partial charge in [-0.25, -0.2) is 0 Å². The summed E-state index contributed by atoms with van der Waals surface area (Å²) in [7, 11) is 0. The normalized spacial score (nSPS) is 19.5. The summed E-state index contributed by atoms with van der Waals surface area (Å²) in [5, 5.41) is 5.42. The predicted molar refractivity (Wildman–Crippen MR) is 112 cm³/mol. The van der Waals surface area contributed by atoms with E-state index in [1.807, 2.05) is 4.90 Å². The average Bonchev–Trinajstić information content (AvgIpc) is 2.76. The van der Waals surface area contributed by atoms with Gasteiger partial charge in [-0.2, -0.15) is 0 Å². The highest BCUT2D eigenvalue weighted by Gasteiger charge is 2.35. The van der Waals surface area contributed by atoms with Crippen molar-refractivity contribution in [2.24, 2.45) is 0 Å². The van der Waals surface area contributed by atoms with E-state index >= 15 is 0 Å². The zero-order valence-corrected chi connectivity index (χ0v) is 17.5. The maximum absolute atomic E-state index is 12.9. The van der Waals surface area contributed by atoms with Gasteiger partial charge in [-0.15, -0.1) is 0 Å². The third-order valence-corrected chi connectivity index (χ3v) is 5.52. The van der Waals surface area contributed by atoms with Crippen LogP contribution < -0.4 is 10.6 Å². The summed E-state index contributed by atoms with van der Waals surface area (Å²) in [5.41, 5.74) is 1.05. The highest BCUT2D eigenvalue weighted by Crippen LogP contribution is 2.14. The number of piperazine rings is 2. The molecular formula is C21H27N5O5. The van der Waals surface area contributed by atoms with Crippen molar-refractivity contribution in [3.63, 3.8) is 0 Å². The fourth-order valence-electron chi connectivity index (χ4n) is 3.70.